The van der Waals surface area contributed by atoms with Crippen LogP contribution in [0, 0.1) is 0 Å². The van der Waals surface area contributed by atoms with Crippen LogP contribution in [0.1, 0.15) is 41.6 Å². The number of aromatic hydroxyl groups is 1. The maximum atomic E-state index is 13.8. The van der Waals surface area contributed by atoms with E-state index in [-0.39, 0.29) is 56.2 Å². The fourth-order valence-electron chi connectivity index (χ4n) is 4.97. The van der Waals surface area contributed by atoms with Crippen LogP contribution in [-0.4, -0.2) is 48.9 Å². The Morgan fingerprint density at radius 2 is 1.17 bits per heavy atom. The summed E-state index contributed by atoms with van der Waals surface area (Å²) >= 11 is 0. The number of rotatable bonds is 9. The second-order valence-electron chi connectivity index (χ2n) is 11.1. The summed E-state index contributed by atoms with van der Waals surface area (Å²) in [6.07, 6.45) is 9.54. The number of hydrogen-bond acceptors (Lipinski definition) is 15. The fourth-order valence-corrected chi connectivity index (χ4v) is 4.97. The van der Waals surface area contributed by atoms with Crippen molar-refractivity contribution in [1.29, 1.82) is 0 Å². The lowest BCUT2D eigenvalue weighted by Gasteiger charge is -2.14. The Bertz CT molecular complexity index is 2600. The van der Waals surface area contributed by atoms with Crippen molar-refractivity contribution in [2.75, 3.05) is 0 Å². The van der Waals surface area contributed by atoms with Crippen LogP contribution in [0.5, 0.6) is 28.7 Å². The second-order valence-corrected chi connectivity index (χ2v) is 11.1. The molecule has 0 radical (unpaired) electrons. The summed E-state index contributed by atoms with van der Waals surface area (Å²) in [7, 11) is 0. The molecule has 0 fully saturated rings. The first kappa shape index (κ1) is 34.4. The lowest BCUT2D eigenvalue weighted by molar-refractivity contribution is 0.0679. The molecule has 0 saturated heterocycles. The molecule has 0 bridgehead atoms. The molecule has 0 saturated carbocycles. The van der Waals surface area contributed by atoms with Crippen LogP contribution in [0.15, 0.2) is 138 Å². The van der Waals surface area contributed by atoms with E-state index in [1.807, 2.05) is 0 Å². The first-order chi connectivity index (χ1) is 26.2. The highest BCUT2D eigenvalue weighted by molar-refractivity contribution is 5.97. The third kappa shape index (κ3) is 7.35. The van der Waals surface area contributed by atoms with Gasteiger partial charge in [-0.3, -0.25) is 19.7 Å². The first-order valence-electron chi connectivity index (χ1n) is 15.7. The van der Waals surface area contributed by atoms with Crippen molar-refractivity contribution in [3.05, 3.63) is 161 Å². The monoisotopic (exact) mass is 722 g/mol. The van der Waals surface area contributed by atoms with Gasteiger partial charge in [-0.25, -0.2) is 24.2 Å². The third-order valence-corrected chi connectivity index (χ3v) is 7.50. The van der Waals surface area contributed by atoms with Crippen molar-refractivity contribution in [1.82, 2.24) is 19.9 Å². The summed E-state index contributed by atoms with van der Waals surface area (Å²) in [6, 6.07) is 19.5. The molecule has 54 heavy (non-hydrogen) atoms. The zero-order chi connectivity index (χ0) is 37.6. The zero-order valence-electron chi connectivity index (χ0n) is 27.4. The SMILES string of the molecule is O=C(Oc1cc(OC(=O)c2cccnc2)c2c(=O)c(O)c(-c3ccc(OC(=O)c4ccccn4)c(OC(=O)c4cccnc4)c3)oc2c1)c1cccnc1. The van der Waals surface area contributed by atoms with Crippen LogP contribution in [0.3, 0.4) is 0 Å². The average molecular weight is 723 g/mol. The Kier molecular flexibility index (Phi) is 9.58. The summed E-state index contributed by atoms with van der Waals surface area (Å²) < 4.78 is 28.2. The van der Waals surface area contributed by atoms with Gasteiger partial charge in [-0.05, 0) is 66.7 Å². The van der Waals surface area contributed by atoms with E-state index in [2.05, 4.69) is 19.9 Å². The number of benzene rings is 2. The van der Waals surface area contributed by atoms with Gasteiger partial charge in [-0.1, -0.05) is 6.07 Å². The number of hydrogen-bond donors (Lipinski definition) is 1. The molecule has 15 heteroatoms. The quantitative estimate of drug-likeness (QED) is 0.142. The normalized spacial score (nSPS) is 10.7. The van der Waals surface area contributed by atoms with E-state index in [1.54, 1.807) is 12.1 Å². The predicted octanol–water partition coefficient (Wildman–Crippen LogP) is 5.62. The van der Waals surface area contributed by atoms with E-state index in [9.17, 15) is 29.1 Å². The Balaban J connectivity index is 1.33. The van der Waals surface area contributed by atoms with E-state index in [4.69, 9.17) is 23.4 Å². The van der Waals surface area contributed by atoms with Gasteiger partial charge < -0.3 is 28.5 Å². The second kappa shape index (κ2) is 15.0. The number of carbonyl (C=O) groups excluding carboxylic acids is 4. The molecule has 0 aliphatic carbocycles. The van der Waals surface area contributed by atoms with Crippen LogP contribution in [0.2, 0.25) is 0 Å². The smallest absolute Gasteiger partial charge is 0.362 e. The minimum atomic E-state index is -1.04. The summed E-state index contributed by atoms with van der Waals surface area (Å²) in [5.41, 5.74) is -1.19. The number of carbonyl (C=O) groups is 4. The van der Waals surface area contributed by atoms with Crippen LogP contribution in [0.4, 0.5) is 0 Å². The van der Waals surface area contributed by atoms with Gasteiger partial charge >= 0.3 is 23.9 Å². The van der Waals surface area contributed by atoms with E-state index >= 15 is 0 Å². The molecule has 7 rings (SSSR count). The molecule has 0 spiro atoms. The van der Waals surface area contributed by atoms with Crippen molar-refractivity contribution in [3.8, 4) is 40.1 Å². The molecule has 0 unspecified atom stereocenters. The molecular formula is C39H22N4O11. The summed E-state index contributed by atoms with van der Waals surface area (Å²) in [6.45, 7) is 0. The van der Waals surface area contributed by atoms with Gasteiger partial charge in [0.25, 0.3) is 0 Å². The minimum absolute atomic E-state index is 0.0233. The molecule has 0 aliphatic rings. The number of fused-ring (bicyclic) bond motifs is 1. The van der Waals surface area contributed by atoms with Crippen molar-refractivity contribution in [2.24, 2.45) is 0 Å². The van der Waals surface area contributed by atoms with E-state index in [1.165, 1.54) is 110 Å². The molecule has 0 atom stereocenters. The first-order valence-corrected chi connectivity index (χ1v) is 15.7. The molecule has 264 valence electrons. The van der Waals surface area contributed by atoms with Crippen LogP contribution < -0.4 is 24.4 Å². The van der Waals surface area contributed by atoms with Crippen molar-refractivity contribution in [3.63, 3.8) is 0 Å². The highest BCUT2D eigenvalue weighted by Gasteiger charge is 2.25. The van der Waals surface area contributed by atoms with E-state index in [0.717, 1.165) is 6.07 Å². The molecular weight excluding hydrogens is 700 g/mol. The molecule has 5 aromatic heterocycles. The van der Waals surface area contributed by atoms with Crippen molar-refractivity contribution in [2.45, 2.75) is 0 Å². The van der Waals surface area contributed by atoms with Gasteiger partial charge in [0, 0.05) is 61.1 Å². The number of nitrogens with zero attached hydrogens (tertiary/aromatic N) is 4. The summed E-state index contributed by atoms with van der Waals surface area (Å²) in [5.74, 6) is -5.99. The van der Waals surface area contributed by atoms with E-state index in [0.29, 0.717) is 0 Å². The Hall–Kier alpha value is -8.07. The molecule has 2 aromatic carbocycles. The van der Waals surface area contributed by atoms with Crippen LogP contribution >= 0.6 is 0 Å². The number of esters is 4. The van der Waals surface area contributed by atoms with Crippen LogP contribution in [0.25, 0.3) is 22.3 Å². The highest BCUT2D eigenvalue weighted by atomic mass is 16.6. The maximum Gasteiger partial charge on any atom is 0.362 e. The van der Waals surface area contributed by atoms with Gasteiger partial charge in [0.1, 0.15) is 28.2 Å². The molecule has 0 aliphatic heterocycles. The average Bonchev–Trinajstić information content (AvgIpc) is 3.21. The number of ether oxygens (including phenoxy) is 4. The standard InChI is InChI=1S/C39H22N4O11/c44-33-32-30(17-26(50-36(46)23-6-3-12-40-19-23)18-31(32)54-38(48)25-8-5-14-42-21-25)51-35(34(33)45)22-10-11-28(52-39(49)27-9-1-2-15-43-27)29(16-22)53-37(47)24-7-4-13-41-20-24/h1-21,45H. The predicted molar refractivity (Wildman–Crippen MR) is 186 cm³/mol. The molecule has 1 N–H and O–H groups in total. The Morgan fingerprint density at radius 3 is 1.74 bits per heavy atom. The van der Waals surface area contributed by atoms with Crippen LogP contribution in [-0.2, 0) is 0 Å². The molecule has 5 heterocycles. The molecule has 7 aromatic rings. The number of pyridine rings is 4. The largest absolute Gasteiger partial charge is 0.502 e. The van der Waals surface area contributed by atoms with Gasteiger partial charge in [0.2, 0.25) is 11.2 Å². The van der Waals surface area contributed by atoms with Gasteiger partial charge in [0.05, 0.1) is 16.7 Å². The van der Waals surface area contributed by atoms with E-state index < -0.39 is 46.6 Å². The van der Waals surface area contributed by atoms with Gasteiger partial charge in [-0.15, -0.1) is 0 Å². The molecule has 15 nitrogen and oxygen atoms in total. The minimum Gasteiger partial charge on any atom is -0.502 e. The third-order valence-electron chi connectivity index (χ3n) is 7.50. The van der Waals surface area contributed by atoms with Crippen molar-refractivity contribution < 1.29 is 47.6 Å². The summed E-state index contributed by atoms with van der Waals surface area (Å²) in [4.78, 5) is 81.5. The zero-order valence-corrected chi connectivity index (χ0v) is 27.4. The highest BCUT2D eigenvalue weighted by Crippen LogP contribution is 2.40. The van der Waals surface area contributed by atoms with Gasteiger partial charge in [0.15, 0.2) is 17.3 Å². The Labute approximate surface area is 303 Å². The summed E-state index contributed by atoms with van der Waals surface area (Å²) in [5, 5.41) is 10.9. The fraction of sp³-hybridized carbons (Fsp3) is 0. The topological polar surface area (TPSA) is 207 Å². The lowest BCUT2D eigenvalue weighted by Crippen LogP contribution is -2.14. The Morgan fingerprint density at radius 1 is 0.574 bits per heavy atom. The number of aromatic nitrogens is 4. The molecule has 0 amide bonds. The lowest BCUT2D eigenvalue weighted by atomic mass is 10.1. The maximum absolute atomic E-state index is 13.8. The van der Waals surface area contributed by atoms with Gasteiger partial charge in [-0.2, -0.15) is 0 Å². The van der Waals surface area contributed by atoms with Crippen molar-refractivity contribution >= 4 is 34.8 Å².